The van der Waals surface area contributed by atoms with Crippen LogP contribution in [0.25, 0.3) is 11.1 Å². The van der Waals surface area contributed by atoms with Gasteiger partial charge in [0.25, 0.3) is 0 Å². The average Bonchev–Trinajstić information content (AvgIpc) is 2.75. The number of benzene rings is 2. The SMILES string of the molecule is CC1N=CC2=C1c1ccccc1Oc1ccccc12. The Labute approximate surface area is 112 Å². The van der Waals surface area contributed by atoms with Gasteiger partial charge in [-0.3, -0.25) is 4.99 Å². The van der Waals surface area contributed by atoms with E-state index in [9.17, 15) is 0 Å². The molecule has 0 N–H and O–H groups in total. The Morgan fingerprint density at radius 1 is 0.895 bits per heavy atom. The molecule has 2 aromatic carbocycles. The number of nitrogens with zero attached hydrogens (tertiary/aromatic N) is 1. The normalized spacial score (nSPS) is 19.3. The molecule has 0 bridgehead atoms. The van der Waals surface area contributed by atoms with E-state index >= 15 is 0 Å². The number of para-hydroxylation sites is 2. The van der Waals surface area contributed by atoms with Gasteiger partial charge in [-0.1, -0.05) is 36.4 Å². The molecule has 2 aromatic rings. The van der Waals surface area contributed by atoms with Gasteiger partial charge in [-0.25, -0.2) is 0 Å². The highest BCUT2D eigenvalue weighted by Gasteiger charge is 2.27. The fourth-order valence-electron chi connectivity index (χ4n) is 2.81. The second-order valence-corrected chi connectivity index (χ2v) is 4.88. The molecule has 2 heterocycles. The van der Waals surface area contributed by atoms with Gasteiger partial charge >= 0.3 is 0 Å². The van der Waals surface area contributed by atoms with Crippen molar-refractivity contribution in [2.75, 3.05) is 0 Å². The first kappa shape index (κ1) is 10.6. The molecule has 19 heavy (non-hydrogen) atoms. The summed E-state index contributed by atoms with van der Waals surface area (Å²) >= 11 is 0. The Morgan fingerprint density at radius 2 is 1.53 bits per heavy atom. The molecule has 2 aliphatic heterocycles. The maximum atomic E-state index is 6.08. The van der Waals surface area contributed by atoms with E-state index in [0.29, 0.717) is 0 Å². The fourth-order valence-corrected chi connectivity index (χ4v) is 2.81. The zero-order valence-electron chi connectivity index (χ0n) is 10.6. The first-order valence-corrected chi connectivity index (χ1v) is 6.48. The molecular weight excluding hydrogens is 234 g/mol. The topological polar surface area (TPSA) is 21.6 Å². The molecular formula is C17H13NO. The number of hydrogen-bond donors (Lipinski definition) is 0. The smallest absolute Gasteiger partial charge is 0.135 e. The molecule has 1 unspecified atom stereocenters. The zero-order valence-corrected chi connectivity index (χ0v) is 10.6. The number of allylic oxidation sites excluding steroid dienone is 1. The highest BCUT2D eigenvalue weighted by molar-refractivity contribution is 6.24. The molecule has 0 saturated carbocycles. The molecule has 1 atom stereocenters. The zero-order chi connectivity index (χ0) is 12.8. The van der Waals surface area contributed by atoms with Crippen molar-refractivity contribution in [2.24, 2.45) is 4.99 Å². The van der Waals surface area contributed by atoms with E-state index in [0.717, 1.165) is 22.6 Å². The number of fused-ring (bicyclic) bond motifs is 4. The monoisotopic (exact) mass is 247 g/mol. The summed E-state index contributed by atoms with van der Waals surface area (Å²) < 4.78 is 6.08. The first-order valence-electron chi connectivity index (χ1n) is 6.48. The number of hydrogen-bond acceptors (Lipinski definition) is 2. The molecule has 0 amide bonds. The number of rotatable bonds is 0. The van der Waals surface area contributed by atoms with E-state index in [-0.39, 0.29) is 6.04 Å². The molecule has 0 aromatic heterocycles. The molecule has 2 nitrogen and oxygen atoms in total. The van der Waals surface area contributed by atoms with Crippen molar-refractivity contribution < 1.29 is 4.74 Å². The maximum absolute atomic E-state index is 6.08. The van der Waals surface area contributed by atoms with Crippen LogP contribution in [0, 0.1) is 0 Å². The summed E-state index contributed by atoms with van der Waals surface area (Å²) in [6.07, 6.45) is 1.98. The first-order chi connectivity index (χ1) is 9.34. The Kier molecular flexibility index (Phi) is 2.12. The van der Waals surface area contributed by atoms with E-state index < -0.39 is 0 Å². The largest absolute Gasteiger partial charge is 0.456 e. The van der Waals surface area contributed by atoms with Crippen molar-refractivity contribution in [2.45, 2.75) is 13.0 Å². The van der Waals surface area contributed by atoms with Crippen molar-refractivity contribution in [3.8, 4) is 11.5 Å². The highest BCUT2D eigenvalue weighted by atomic mass is 16.5. The van der Waals surface area contributed by atoms with Crippen LogP contribution in [0.2, 0.25) is 0 Å². The van der Waals surface area contributed by atoms with E-state index in [4.69, 9.17) is 4.74 Å². The van der Waals surface area contributed by atoms with Crippen LogP contribution in [0.15, 0.2) is 53.5 Å². The van der Waals surface area contributed by atoms with Crippen LogP contribution in [-0.4, -0.2) is 12.3 Å². The van der Waals surface area contributed by atoms with Gasteiger partial charge in [0.15, 0.2) is 0 Å². The van der Waals surface area contributed by atoms with Crippen LogP contribution >= 0.6 is 0 Å². The third-order valence-electron chi connectivity index (χ3n) is 3.71. The summed E-state index contributed by atoms with van der Waals surface area (Å²) in [5.74, 6) is 1.82. The van der Waals surface area contributed by atoms with Gasteiger partial charge in [0.1, 0.15) is 11.5 Å². The minimum Gasteiger partial charge on any atom is -0.456 e. The molecule has 2 heteroatoms. The molecule has 0 spiro atoms. The van der Waals surface area contributed by atoms with E-state index in [1.54, 1.807) is 0 Å². The quantitative estimate of drug-likeness (QED) is 0.684. The predicted molar refractivity (Wildman–Crippen MR) is 77.7 cm³/mol. The van der Waals surface area contributed by atoms with Crippen molar-refractivity contribution >= 4 is 17.4 Å². The Bertz CT molecular complexity index is 728. The molecule has 2 aliphatic rings. The van der Waals surface area contributed by atoms with Crippen LogP contribution < -0.4 is 4.74 Å². The standard InChI is InChI=1S/C17H13NO/c1-11-17-13-7-3-5-9-16(13)19-15-8-4-2-6-12(15)14(17)10-18-11/h2-11H,1H3. The van der Waals surface area contributed by atoms with Gasteiger partial charge in [-0.05, 0) is 24.6 Å². The maximum Gasteiger partial charge on any atom is 0.135 e. The van der Waals surface area contributed by atoms with Gasteiger partial charge in [0.2, 0.25) is 0 Å². The van der Waals surface area contributed by atoms with E-state index in [2.05, 4.69) is 24.0 Å². The van der Waals surface area contributed by atoms with Crippen molar-refractivity contribution in [1.29, 1.82) is 0 Å². The number of ether oxygens (including phenoxy) is 1. The lowest BCUT2D eigenvalue weighted by molar-refractivity contribution is 0.481. The molecule has 92 valence electrons. The summed E-state index contributed by atoms with van der Waals surface area (Å²) in [4.78, 5) is 4.57. The van der Waals surface area contributed by atoms with Crippen LogP contribution in [0.3, 0.4) is 0 Å². The van der Waals surface area contributed by atoms with Crippen LogP contribution in [0.4, 0.5) is 0 Å². The van der Waals surface area contributed by atoms with E-state index in [1.807, 2.05) is 42.6 Å². The minimum atomic E-state index is 0.186. The Hall–Kier alpha value is -2.35. The summed E-state index contributed by atoms with van der Waals surface area (Å²) in [6, 6.07) is 16.5. The molecule has 4 rings (SSSR count). The minimum absolute atomic E-state index is 0.186. The summed E-state index contributed by atoms with van der Waals surface area (Å²) in [5, 5.41) is 0. The summed E-state index contributed by atoms with van der Waals surface area (Å²) in [7, 11) is 0. The fraction of sp³-hybridized carbons (Fsp3) is 0.118. The van der Waals surface area contributed by atoms with Gasteiger partial charge in [0, 0.05) is 22.9 Å². The van der Waals surface area contributed by atoms with E-state index in [1.165, 1.54) is 11.1 Å². The number of aliphatic imine (C=N–C) groups is 1. The lowest BCUT2D eigenvalue weighted by Crippen LogP contribution is -1.99. The summed E-state index contributed by atoms with van der Waals surface area (Å²) in [6.45, 7) is 2.13. The Morgan fingerprint density at radius 3 is 2.32 bits per heavy atom. The molecule has 0 radical (unpaired) electrons. The van der Waals surface area contributed by atoms with Crippen LogP contribution in [0.1, 0.15) is 18.1 Å². The van der Waals surface area contributed by atoms with Crippen LogP contribution in [-0.2, 0) is 0 Å². The van der Waals surface area contributed by atoms with Crippen LogP contribution in [0.5, 0.6) is 11.5 Å². The third-order valence-corrected chi connectivity index (χ3v) is 3.71. The average molecular weight is 247 g/mol. The predicted octanol–water partition coefficient (Wildman–Crippen LogP) is 4.18. The van der Waals surface area contributed by atoms with Gasteiger partial charge in [-0.15, -0.1) is 0 Å². The lowest BCUT2D eigenvalue weighted by atomic mass is 9.93. The molecule has 0 fully saturated rings. The van der Waals surface area contributed by atoms with Crippen molar-refractivity contribution in [3.63, 3.8) is 0 Å². The highest BCUT2D eigenvalue weighted by Crippen LogP contribution is 2.45. The lowest BCUT2D eigenvalue weighted by Gasteiger charge is -2.11. The second kappa shape index (κ2) is 3.82. The van der Waals surface area contributed by atoms with Crippen molar-refractivity contribution in [1.82, 2.24) is 0 Å². The van der Waals surface area contributed by atoms with Gasteiger partial charge in [-0.2, -0.15) is 0 Å². The molecule has 0 saturated heterocycles. The third kappa shape index (κ3) is 1.46. The second-order valence-electron chi connectivity index (χ2n) is 4.88. The Balaban J connectivity index is 2.08. The molecule has 0 aliphatic carbocycles. The van der Waals surface area contributed by atoms with Crippen molar-refractivity contribution in [3.05, 3.63) is 59.7 Å². The summed E-state index contributed by atoms with van der Waals surface area (Å²) in [5.41, 5.74) is 4.73. The van der Waals surface area contributed by atoms with Gasteiger partial charge < -0.3 is 4.74 Å². The van der Waals surface area contributed by atoms with Gasteiger partial charge in [0.05, 0.1) is 6.04 Å².